The molecule has 0 atom stereocenters. The van der Waals surface area contributed by atoms with Crippen LogP contribution >= 0.6 is 0 Å². The van der Waals surface area contributed by atoms with Crippen LogP contribution in [0.15, 0.2) is 72.8 Å². The molecule has 0 saturated carbocycles. The van der Waals surface area contributed by atoms with Gasteiger partial charge in [0, 0.05) is 6.54 Å². The lowest BCUT2D eigenvalue weighted by molar-refractivity contribution is 0.273. The van der Waals surface area contributed by atoms with Crippen LogP contribution in [0.25, 0.3) is 11.0 Å². The maximum absolute atomic E-state index is 6.06. The van der Waals surface area contributed by atoms with Gasteiger partial charge in [-0.05, 0) is 41.3 Å². The summed E-state index contributed by atoms with van der Waals surface area (Å²) in [6.07, 6.45) is 0. The van der Waals surface area contributed by atoms with Gasteiger partial charge in [-0.3, -0.25) is 0 Å². The van der Waals surface area contributed by atoms with Gasteiger partial charge in [-0.15, -0.1) is 0 Å². The van der Waals surface area contributed by atoms with Crippen molar-refractivity contribution in [3.05, 3.63) is 89.7 Å². The Morgan fingerprint density at radius 1 is 0.862 bits per heavy atom. The standard InChI is InChI=1S/C25H26N2O2/c1-18(2)20-14-12-19(13-15-20)16-27-22-9-5-4-8-21(22)26-25(27)17-29-24-11-7-6-10-23(24)28-3/h4-15,18H,16-17H2,1-3H3. The summed E-state index contributed by atoms with van der Waals surface area (Å²) in [4.78, 5) is 4.82. The van der Waals surface area contributed by atoms with Gasteiger partial charge in [0.15, 0.2) is 11.5 Å². The second-order valence-electron chi connectivity index (χ2n) is 7.44. The first-order valence-corrected chi connectivity index (χ1v) is 9.94. The van der Waals surface area contributed by atoms with Gasteiger partial charge < -0.3 is 14.0 Å². The van der Waals surface area contributed by atoms with Gasteiger partial charge in [-0.25, -0.2) is 4.98 Å². The highest BCUT2D eigenvalue weighted by Gasteiger charge is 2.13. The molecule has 4 aromatic rings. The summed E-state index contributed by atoms with van der Waals surface area (Å²) in [5, 5.41) is 0. The van der Waals surface area contributed by atoms with Crippen LogP contribution in [0.4, 0.5) is 0 Å². The van der Waals surface area contributed by atoms with Crippen molar-refractivity contribution in [2.24, 2.45) is 0 Å². The fraction of sp³-hybridized carbons (Fsp3) is 0.240. The number of hydrogen-bond donors (Lipinski definition) is 0. The molecule has 3 aromatic carbocycles. The largest absolute Gasteiger partial charge is 0.493 e. The summed E-state index contributed by atoms with van der Waals surface area (Å²) in [6, 6.07) is 24.7. The van der Waals surface area contributed by atoms with Crippen LogP contribution in [-0.2, 0) is 13.2 Å². The number of methoxy groups -OCH3 is 1. The third-order valence-corrected chi connectivity index (χ3v) is 5.15. The first-order chi connectivity index (χ1) is 14.2. The molecule has 0 unspecified atom stereocenters. The van der Waals surface area contributed by atoms with E-state index in [0.29, 0.717) is 12.5 Å². The maximum atomic E-state index is 6.06. The molecule has 29 heavy (non-hydrogen) atoms. The summed E-state index contributed by atoms with van der Waals surface area (Å²) in [5.41, 5.74) is 4.68. The predicted octanol–water partition coefficient (Wildman–Crippen LogP) is 5.80. The van der Waals surface area contributed by atoms with E-state index in [1.807, 2.05) is 42.5 Å². The van der Waals surface area contributed by atoms with E-state index in [9.17, 15) is 0 Å². The van der Waals surface area contributed by atoms with Crippen molar-refractivity contribution >= 4 is 11.0 Å². The lowest BCUT2D eigenvalue weighted by atomic mass is 10.0. The molecule has 0 aliphatic rings. The van der Waals surface area contributed by atoms with Crippen molar-refractivity contribution in [1.82, 2.24) is 9.55 Å². The van der Waals surface area contributed by atoms with E-state index in [2.05, 4.69) is 48.7 Å². The Bertz CT molecular complexity index is 1100. The molecule has 0 bridgehead atoms. The van der Waals surface area contributed by atoms with Gasteiger partial charge in [0.05, 0.1) is 18.1 Å². The number of para-hydroxylation sites is 4. The Kier molecular flexibility index (Phi) is 5.52. The molecule has 4 nitrogen and oxygen atoms in total. The third-order valence-electron chi connectivity index (χ3n) is 5.15. The predicted molar refractivity (Wildman–Crippen MR) is 117 cm³/mol. The van der Waals surface area contributed by atoms with Gasteiger partial charge >= 0.3 is 0 Å². The fourth-order valence-electron chi connectivity index (χ4n) is 3.48. The first-order valence-electron chi connectivity index (χ1n) is 9.94. The van der Waals surface area contributed by atoms with Crippen molar-refractivity contribution in [3.63, 3.8) is 0 Å². The van der Waals surface area contributed by atoms with Crippen LogP contribution in [0, 0.1) is 0 Å². The zero-order valence-electron chi connectivity index (χ0n) is 17.1. The van der Waals surface area contributed by atoms with E-state index >= 15 is 0 Å². The third kappa shape index (κ3) is 4.11. The van der Waals surface area contributed by atoms with E-state index < -0.39 is 0 Å². The molecule has 4 heteroatoms. The highest BCUT2D eigenvalue weighted by atomic mass is 16.5. The smallest absolute Gasteiger partial charge is 0.161 e. The average Bonchev–Trinajstić information content (AvgIpc) is 3.10. The molecule has 0 N–H and O–H groups in total. The number of nitrogens with zero attached hydrogens (tertiary/aromatic N) is 2. The molecule has 0 fully saturated rings. The van der Waals surface area contributed by atoms with Gasteiger partial charge in [-0.2, -0.15) is 0 Å². The minimum absolute atomic E-state index is 0.374. The van der Waals surface area contributed by atoms with E-state index in [1.165, 1.54) is 11.1 Å². The van der Waals surface area contributed by atoms with Crippen LogP contribution in [0.3, 0.4) is 0 Å². The van der Waals surface area contributed by atoms with E-state index in [4.69, 9.17) is 14.5 Å². The second kappa shape index (κ2) is 8.39. The number of ether oxygens (including phenoxy) is 2. The van der Waals surface area contributed by atoms with E-state index in [0.717, 1.165) is 34.9 Å². The first kappa shape index (κ1) is 19.1. The van der Waals surface area contributed by atoms with Crippen molar-refractivity contribution in [2.75, 3.05) is 7.11 Å². The van der Waals surface area contributed by atoms with Crippen LogP contribution in [0.1, 0.15) is 36.7 Å². The van der Waals surface area contributed by atoms with E-state index in [-0.39, 0.29) is 0 Å². The van der Waals surface area contributed by atoms with Crippen molar-refractivity contribution in [3.8, 4) is 11.5 Å². The summed E-state index contributed by atoms with van der Waals surface area (Å²) in [7, 11) is 1.65. The quantitative estimate of drug-likeness (QED) is 0.403. The number of aromatic nitrogens is 2. The minimum Gasteiger partial charge on any atom is -0.493 e. The second-order valence-corrected chi connectivity index (χ2v) is 7.44. The summed E-state index contributed by atoms with van der Waals surface area (Å²) in [6.45, 7) is 5.56. The molecular formula is C25H26N2O2. The summed E-state index contributed by atoms with van der Waals surface area (Å²) in [5.74, 6) is 2.86. The molecule has 0 aliphatic carbocycles. The summed E-state index contributed by atoms with van der Waals surface area (Å²) >= 11 is 0. The van der Waals surface area contributed by atoms with Crippen molar-refractivity contribution in [1.29, 1.82) is 0 Å². The molecule has 0 spiro atoms. The van der Waals surface area contributed by atoms with Crippen molar-refractivity contribution < 1.29 is 9.47 Å². The van der Waals surface area contributed by atoms with Crippen LogP contribution < -0.4 is 9.47 Å². The monoisotopic (exact) mass is 386 g/mol. The summed E-state index contributed by atoms with van der Waals surface area (Å²) < 4.78 is 13.7. The fourth-order valence-corrected chi connectivity index (χ4v) is 3.48. The Morgan fingerprint density at radius 3 is 2.28 bits per heavy atom. The van der Waals surface area contributed by atoms with Gasteiger partial charge in [0.25, 0.3) is 0 Å². The van der Waals surface area contributed by atoms with Crippen LogP contribution in [0.5, 0.6) is 11.5 Å². The SMILES string of the molecule is COc1ccccc1OCc1nc2ccccc2n1Cc1ccc(C(C)C)cc1. The Morgan fingerprint density at radius 2 is 1.55 bits per heavy atom. The number of rotatable bonds is 7. The normalized spacial score (nSPS) is 11.2. The number of imidazole rings is 1. The van der Waals surface area contributed by atoms with Gasteiger partial charge in [0.1, 0.15) is 12.4 Å². The molecule has 0 radical (unpaired) electrons. The van der Waals surface area contributed by atoms with Gasteiger partial charge in [0.2, 0.25) is 0 Å². The molecule has 0 saturated heterocycles. The van der Waals surface area contributed by atoms with Crippen LogP contribution in [-0.4, -0.2) is 16.7 Å². The Balaban J connectivity index is 1.63. The molecule has 1 aromatic heterocycles. The maximum Gasteiger partial charge on any atom is 0.161 e. The van der Waals surface area contributed by atoms with Crippen LogP contribution in [0.2, 0.25) is 0 Å². The zero-order valence-corrected chi connectivity index (χ0v) is 17.1. The van der Waals surface area contributed by atoms with E-state index in [1.54, 1.807) is 7.11 Å². The topological polar surface area (TPSA) is 36.3 Å². The highest BCUT2D eigenvalue weighted by Crippen LogP contribution is 2.27. The molecular weight excluding hydrogens is 360 g/mol. The highest BCUT2D eigenvalue weighted by molar-refractivity contribution is 5.76. The molecule has 1 heterocycles. The number of benzene rings is 3. The zero-order chi connectivity index (χ0) is 20.2. The lowest BCUT2D eigenvalue weighted by Gasteiger charge is -2.13. The van der Waals surface area contributed by atoms with Crippen molar-refractivity contribution in [2.45, 2.75) is 32.9 Å². The molecule has 0 amide bonds. The number of hydrogen-bond acceptors (Lipinski definition) is 3. The molecule has 0 aliphatic heterocycles. The Labute approximate surface area is 171 Å². The molecule has 148 valence electrons. The Hall–Kier alpha value is -3.27. The van der Waals surface area contributed by atoms with Gasteiger partial charge in [-0.1, -0.05) is 62.4 Å². The molecule has 4 rings (SSSR count). The number of fused-ring (bicyclic) bond motifs is 1. The lowest BCUT2D eigenvalue weighted by Crippen LogP contribution is -2.09. The average molecular weight is 386 g/mol. The minimum atomic E-state index is 0.374.